The van der Waals surface area contributed by atoms with Gasteiger partial charge in [-0.2, -0.15) is 26.3 Å². The fraction of sp³-hybridized carbons (Fsp3) is 0.333. The van der Waals surface area contributed by atoms with Crippen LogP contribution in [0, 0.1) is 0 Å². The fourth-order valence-corrected chi connectivity index (χ4v) is 3.53. The van der Waals surface area contributed by atoms with Gasteiger partial charge in [0.05, 0.1) is 0 Å². The molecule has 1 aromatic heterocycles. The number of hydrogen-bond donors (Lipinski definition) is 3. The number of hydrogen-bond acceptors (Lipinski definition) is 3. The number of aromatic amines is 1. The second-order valence-corrected chi connectivity index (χ2v) is 8.69. The zero-order valence-corrected chi connectivity index (χ0v) is 19.6. The zero-order valence-electron chi connectivity index (χ0n) is 19.6. The summed E-state index contributed by atoms with van der Waals surface area (Å²) in [4.78, 5) is 26.8. The smallest absolute Gasteiger partial charge is 0.420 e. The van der Waals surface area contributed by atoms with Crippen LogP contribution in [-0.4, -0.2) is 22.8 Å². The maximum atomic E-state index is 13.9. The molecule has 6 nitrogen and oxygen atoms in total. The van der Waals surface area contributed by atoms with Crippen molar-refractivity contribution in [3.05, 3.63) is 53.2 Å². The lowest BCUT2D eigenvalue weighted by Gasteiger charge is -2.21. The molecule has 0 saturated carbocycles. The first kappa shape index (κ1) is 26.9. The van der Waals surface area contributed by atoms with Gasteiger partial charge in [-0.1, -0.05) is 13.8 Å². The summed E-state index contributed by atoms with van der Waals surface area (Å²) in [6.45, 7) is 6.81. The Balaban J connectivity index is 2.12. The molecule has 0 aliphatic carbocycles. The number of anilines is 1. The molecule has 36 heavy (non-hydrogen) atoms. The predicted molar refractivity (Wildman–Crippen MR) is 121 cm³/mol. The van der Waals surface area contributed by atoms with Gasteiger partial charge in [0.2, 0.25) is 0 Å². The number of nitrogens with one attached hydrogen (secondary N) is 3. The fourth-order valence-electron chi connectivity index (χ4n) is 3.53. The number of rotatable bonds is 5. The van der Waals surface area contributed by atoms with E-state index in [1.54, 1.807) is 11.5 Å². The number of alkyl halides is 6. The lowest BCUT2D eigenvalue weighted by atomic mass is 10.0. The normalized spacial score (nSPS) is 12.3. The van der Waals surface area contributed by atoms with E-state index in [9.17, 15) is 35.9 Å². The van der Waals surface area contributed by atoms with Crippen LogP contribution < -0.4 is 15.4 Å². The number of carbonyl (C=O) groups excluding carboxylic acids is 2. The SMILES string of the molecule is CC(C)NC(=O)C(=O)Nc1cc(C(F)(F)F)c(Oc2ccc3[nH]cc(C(C)C)c3c2)c(C(F)(F)F)c1. The highest BCUT2D eigenvalue weighted by atomic mass is 19.4. The number of ether oxygens (including phenoxy) is 1. The van der Waals surface area contributed by atoms with E-state index in [1.165, 1.54) is 32.0 Å². The van der Waals surface area contributed by atoms with Crippen molar-refractivity contribution in [2.75, 3.05) is 5.32 Å². The van der Waals surface area contributed by atoms with Crippen LogP contribution in [0.3, 0.4) is 0 Å². The summed E-state index contributed by atoms with van der Waals surface area (Å²) < 4.78 is 88.6. The van der Waals surface area contributed by atoms with Crippen molar-refractivity contribution in [3.63, 3.8) is 0 Å². The molecule has 0 bridgehead atoms. The quantitative estimate of drug-likeness (QED) is 0.265. The van der Waals surface area contributed by atoms with Crippen molar-refractivity contribution in [2.45, 2.75) is 52.0 Å². The summed E-state index contributed by atoms with van der Waals surface area (Å²) in [5, 5.41) is 4.58. The van der Waals surface area contributed by atoms with E-state index < -0.39 is 52.8 Å². The molecule has 2 aromatic carbocycles. The standard InChI is InChI=1S/C24H23F6N3O3/c1-11(2)16-10-31-19-6-5-14(9-15(16)19)36-20-17(23(25,26)27)7-13(8-18(20)24(28,29)30)33-22(35)21(34)32-12(3)4/h5-12,31H,1-4H3,(H,32,34)(H,33,35). The highest BCUT2D eigenvalue weighted by Crippen LogP contribution is 2.47. The van der Waals surface area contributed by atoms with Crippen molar-refractivity contribution in [1.29, 1.82) is 0 Å². The average molecular weight is 515 g/mol. The molecule has 0 unspecified atom stereocenters. The number of carbonyl (C=O) groups is 2. The molecular weight excluding hydrogens is 492 g/mol. The van der Waals surface area contributed by atoms with E-state index in [2.05, 4.69) is 10.3 Å². The largest absolute Gasteiger partial charge is 0.456 e. The number of fused-ring (bicyclic) bond motifs is 1. The third-order valence-electron chi connectivity index (χ3n) is 5.11. The molecular formula is C24H23F6N3O3. The van der Waals surface area contributed by atoms with Gasteiger partial charge < -0.3 is 20.4 Å². The number of amides is 2. The summed E-state index contributed by atoms with van der Waals surface area (Å²) in [7, 11) is 0. The third-order valence-corrected chi connectivity index (χ3v) is 5.11. The maximum Gasteiger partial charge on any atom is 0.420 e. The molecule has 0 aliphatic heterocycles. The van der Waals surface area contributed by atoms with E-state index in [0.29, 0.717) is 23.0 Å². The van der Waals surface area contributed by atoms with E-state index in [0.717, 1.165) is 5.56 Å². The van der Waals surface area contributed by atoms with Gasteiger partial charge >= 0.3 is 24.2 Å². The molecule has 0 radical (unpaired) electrons. The monoisotopic (exact) mass is 515 g/mol. The Bertz CT molecular complexity index is 1260. The molecule has 12 heteroatoms. The van der Waals surface area contributed by atoms with Crippen molar-refractivity contribution >= 4 is 28.4 Å². The molecule has 0 aliphatic rings. The van der Waals surface area contributed by atoms with Gasteiger partial charge in [0.15, 0.2) is 5.75 Å². The topological polar surface area (TPSA) is 83.2 Å². The van der Waals surface area contributed by atoms with E-state index in [1.807, 2.05) is 13.8 Å². The minimum atomic E-state index is -5.28. The van der Waals surface area contributed by atoms with E-state index in [-0.39, 0.29) is 11.7 Å². The van der Waals surface area contributed by atoms with Gasteiger partial charge in [0.25, 0.3) is 0 Å². The van der Waals surface area contributed by atoms with Crippen LogP contribution in [0.1, 0.15) is 50.3 Å². The summed E-state index contributed by atoms with van der Waals surface area (Å²) in [6.07, 6.45) is -8.86. The lowest BCUT2D eigenvalue weighted by molar-refractivity contribution is -0.145. The van der Waals surface area contributed by atoms with Crippen LogP contribution >= 0.6 is 0 Å². The van der Waals surface area contributed by atoms with Crippen molar-refractivity contribution < 1.29 is 40.7 Å². The number of H-pyrrole nitrogens is 1. The Kier molecular flexibility index (Phi) is 7.28. The first-order chi connectivity index (χ1) is 16.6. The summed E-state index contributed by atoms with van der Waals surface area (Å²) in [5.41, 5.74) is -2.96. The molecule has 0 fully saturated rings. The Hall–Kier alpha value is -3.70. The van der Waals surface area contributed by atoms with Crippen molar-refractivity contribution in [3.8, 4) is 11.5 Å². The van der Waals surface area contributed by atoms with Crippen molar-refractivity contribution in [2.24, 2.45) is 0 Å². The Morgan fingerprint density at radius 2 is 1.47 bits per heavy atom. The van der Waals surface area contributed by atoms with Crippen LogP contribution in [0.5, 0.6) is 11.5 Å². The van der Waals surface area contributed by atoms with Crippen molar-refractivity contribution in [1.82, 2.24) is 10.3 Å². The number of halogens is 6. The third kappa shape index (κ3) is 5.92. The Labute approximate surface area is 202 Å². The van der Waals surface area contributed by atoms with Crippen LogP contribution in [0.25, 0.3) is 10.9 Å². The van der Waals surface area contributed by atoms with Gasteiger partial charge in [-0.3, -0.25) is 9.59 Å². The number of benzene rings is 2. The summed E-state index contributed by atoms with van der Waals surface area (Å²) >= 11 is 0. The molecule has 0 saturated heterocycles. The van der Waals surface area contributed by atoms with Crippen LogP contribution in [0.2, 0.25) is 0 Å². The molecule has 0 spiro atoms. The van der Waals surface area contributed by atoms with Crippen LogP contribution in [0.4, 0.5) is 32.0 Å². The molecule has 2 amide bonds. The molecule has 0 atom stereocenters. The van der Waals surface area contributed by atoms with Gasteiger partial charge in [-0.05, 0) is 55.7 Å². The maximum absolute atomic E-state index is 13.9. The first-order valence-corrected chi connectivity index (χ1v) is 10.8. The molecule has 3 aromatic rings. The van der Waals surface area contributed by atoms with Gasteiger partial charge in [0.1, 0.15) is 16.9 Å². The summed E-state index contributed by atoms with van der Waals surface area (Å²) in [5.74, 6) is -4.32. The van der Waals surface area contributed by atoms with Gasteiger partial charge in [0, 0.05) is 28.8 Å². The predicted octanol–water partition coefficient (Wildman–Crippen LogP) is 6.58. The van der Waals surface area contributed by atoms with Crippen LogP contribution in [-0.2, 0) is 21.9 Å². The lowest BCUT2D eigenvalue weighted by Crippen LogP contribution is -2.39. The molecule has 194 valence electrons. The van der Waals surface area contributed by atoms with Gasteiger partial charge in [-0.25, -0.2) is 0 Å². The van der Waals surface area contributed by atoms with Gasteiger partial charge in [-0.15, -0.1) is 0 Å². The molecule has 1 heterocycles. The first-order valence-electron chi connectivity index (χ1n) is 10.8. The minimum absolute atomic E-state index is 0.0289. The zero-order chi connectivity index (χ0) is 27.0. The second kappa shape index (κ2) is 9.75. The summed E-state index contributed by atoms with van der Waals surface area (Å²) in [6, 6.07) is 4.18. The van der Waals surface area contributed by atoms with Crippen LogP contribution in [0.15, 0.2) is 36.5 Å². The van der Waals surface area contributed by atoms with E-state index in [4.69, 9.17) is 4.74 Å². The molecule has 3 N–H and O–H groups in total. The Morgan fingerprint density at radius 1 is 0.889 bits per heavy atom. The highest BCUT2D eigenvalue weighted by Gasteiger charge is 2.43. The molecule has 3 rings (SSSR count). The second-order valence-electron chi connectivity index (χ2n) is 8.69. The highest BCUT2D eigenvalue weighted by molar-refractivity contribution is 6.39. The minimum Gasteiger partial charge on any atom is -0.456 e. The van der Waals surface area contributed by atoms with E-state index >= 15 is 0 Å². The Morgan fingerprint density at radius 3 is 1.97 bits per heavy atom. The average Bonchev–Trinajstić information content (AvgIpc) is 3.16. The number of aromatic nitrogens is 1.